The van der Waals surface area contributed by atoms with E-state index in [1.165, 1.54) is 25.7 Å². The number of nitrogens with one attached hydrogen (secondary N) is 1. The number of rotatable bonds is 3. The molecule has 0 spiro atoms. The zero-order valence-electron chi connectivity index (χ0n) is 12.3. The van der Waals surface area contributed by atoms with Crippen LogP contribution in [0.3, 0.4) is 0 Å². The van der Waals surface area contributed by atoms with Crippen LogP contribution in [-0.2, 0) is 0 Å². The van der Waals surface area contributed by atoms with E-state index in [0.717, 1.165) is 37.9 Å². The highest BCUT2D eigenvalue weighted by Crippen LogP contribution is 2.29. The smallest absolute Gasteiger partial charge is 0.122 e. The zero-order valence-corrected chi connectivity index (χ0v) is 13.1. The van der Waals surface area contributed by atoms with Crippen LogP contribution in [0.25, 0.3) is 0 Å². The van der Waals surface area contributed by atoms with Gasteiger partial charge in [0.05, 0.1) is 10.7 Å². The Bertz CT molecular complexity index is 517. The Labute approximate surface area is 131 Å². The van der Waals surface area contributed by atoms with Crippen molar-refractivity contribution in [3.8, 4) is 0 Å². The van der Waals surface area contributed by atoms with Crippen LogP contribution in [0.4, 0.5) is 5.69 Å². The van der Waals surface area contributed by atoms with Gasteiger partial charge >= 0.3 is 0 Å². The number of hydrogen-bond acceptors (Lipinski definition) is 3. The van der Waals surface area contributed by atoms with E-state index in [0.29, 0.717) is 10.6 Å². The first-order chi connectivity index (χ1) is 10.1. The fourth-order valence-electron chi connectivity index (χ4n) is 3.53. The lowest BCUT2D eigenvalue weighted by molar-refractivity contribution is 0.187. The molecule has 114 valence electrons. The minimum absolute atomic E-state index is 0.0644. The van der Waals surface area contributed by atoms with Crippen LogP contribution in [0.2, 0.25) is 5.02 Å². The molecule has 1 saturated heterocycles. The lowest BCUT2D eigenvalue weighted by Crippen LogP contribution is -2.49. The van der Waals surface area contributed by atoms with E-state index in [9.17, 15) is 0 Å². The highest BCUT2D eigenvalue weighted by molar-refractivity contribution is 6.33. The molecule has 1 aromatic carbocycles. The zero-order chi connectivity index (χ0) is 14.8. The molecule has 1 saturated carbocycles. The maximum atomic E-state index is 7.47. The molecule has 5 heteroatoms. The molecule has 0 bridgehead atoms. The summed E-state index contributed by atoms with van der Waals surface area (Å²) in [6, 6.07) is 6.47. The second-order valence-corrected chi connectivity index (χ2v) is 6.45. The summed E-state index contributed by atoms with van der Waals surface area (Å²) in [5.74, 6) is 0.0644. The Balaban J connectivity index is 1.65. The van der Waals surface area contributed by atoms with Crippen LogP contribution in [0.15, 0.2) is 18.2 Å². The Morgan fingerprint density at radius 2 is 1.81 bits per heavy atom. The molecule has 3 rings (SSSR count). The number of amidine groups is 1. The molecule has 0 amide bonds. The summed E-state index contributed by atoms with van der Waals surface area (Å²) in [7, 11) is 0. The maximum absolute atomic E-state index is 7.47. The van der Waals surface area contributed by atoms with Crippen molar-refractivity contribution < 1.29 is 0 Å². The predicted molar refractivity (Wildman–Crippen MR) is 88.5 cm³/mol. The SMILES string of the molecule is N=C(N)c1ccc(N2CCN(C3CCCC3)CC2)c(Cl)c1. The normalized spacial score (nSPS) is 20.9. The number of benzene rings is 1. The number of nitrogens with zero attached hydrogens (tertiary/aromatic N) is 2. The molecule has 0 radical (unpaired) electrons. The summed E-state index contributed by atoms with van der Waals surface area (Å²) in [5.41, 5.74) is 7.25. The summed E-state index contributed by atoms with van der Waals surface area (Å²) in [5, 5.41) is 8.16. The lowest BCUT2D eigenvalue weighted by Gasteiger charge is -2.39. The lowest BCUT2D eigenvalue weighted by atomic mass is 10.1. The van der Waals surface area contributed by atoms with E-state index in [4.69, 9.17) is 22.7 Å². The van der Waals surface area contributed by atoms with Gasteiger partial charge in [0, 0.05) is 37.8 Å². The molecule has 1 aliphatic heterocycles. The van der Waals surface area contributed by atoms with Crippen LogP contribution in [-0.4, -0.2) is 43.0 Å². The summed E-state index contributed by atoms with van der Waals surface area (Å²) in [4.78, 5) is 4.99. The molecular formula is C16H23ClN4. The van der Waals surface area contributed by atoms with Gasteiger partial charge in [0.25, 0.3) is 0 Å². The second-order valence-electron chi connectivity index (χ2n) is 6.04. The molecule has 0 unspecified atom stereocenters. The number of anilines is 1. The third-order valence-corrected chi connectivity index (χ3v) is 5.06. The fourth-order valence-corrected chi connectivity index (χ4v) is 3.83. The van der Waals surface area contributed by atoms with Crippen LogP contribution in [0.5, 0.6) is 0 Å². The van der Waals surface area contributed by atoms with Gasteiger partial charge in [0.1, 0.15) is 5.84 Å². The number of halogens is 1. The van der Waals surface area contributed by atoms with E-state index in [-0.39, 0.29) is 5.84 Å². The number of piperazine rings is 1. The van der Waals surface area contributed by atoms with Gasteiger partial charge in [-0.3, -0.25) is 10.3 Å². The number of nitrogen functional groups attached to an aromatic ring is 1. The fraction of sp³-hybridized carbons (Fsp3) is 0.562. The van der Waals surface area contributed by atoms with Crippen molar-refractivity contribution in [3.63, 3.8) is 0 Å². The highest BCUT2D eigenvalue weighted by atomic mass is 35.5. The van der Waals surface area contributed by atoms with Gasteiger partial charge in [-0.25, -0.2) is 0 Å². The summed E-state index contributed by atoms with van der Waals surface area (Å²) in [6.07, 6.45) is 5.52. The van der Waals surface area contributed by atoms with Gasteiger partial charge in [0.2, 0.25) is 0 Å². The van der Waals surface area contributed by atoms with Crippen molar-refractivity contribution in [2.24, 2.45) is 5.73 Å². The van der Waals surface area contributed by atoms with Crippen molar-refractivity contribution in [2.75, 3.05) is 31.1 Å². The Morgan fingerprint density at radius 3 is 2.38 bits per heavy atom. The standard InChI is InChI=1S/C16H23ClN4/c17-14-11-12(16(18)19)5-6-15(14)21-9-7-20(8-10-21)13-3-1-2-4-13/h5-6,11,13H,1-4,7-10H2,(H3,18,19). The molecule has 1 aromatic rings. The van der Waals surface area contributed by atoms with E-state index in [1.807, 2.05) is 12.1 Å². The molecule has 2 aliphatic rings. The third-order valence-electron chi connectivity index (χ3n) is 4.75. The molecular weight excluding hydrogens is 284 g/mol. The largest absolute Gasteiger partial charge is 0.384 e. The average Bonchev–Trinajstić information content (AvgIpc) is 3.01. The molecule has 3 N–H and O–H groups in total. The van der Waals surface area contributed by atoms with E-state index in [1.54, 1.807) is 6.07 Å². The summed E-state index contributed by atoms with van der Waals surface area (Å²) in [6.45, 7) is 4.29. The molecule has 1 heterocycles. The van der Waals surface area contributed by atoms with Gasteiger partial charge in [0.15, 0.2) is 0 Å². The molecule has 0 atom stereocenters. The van der Waals surface area contributed by atoms with Crippen molar-refractivity contribution in [1.29, 1.82) is 5.41 Å². The van der Waals surface area contributed by atoms with Crippen LogP contribution in [0, 0.1) is 5.41 Å². The van der Waals surface area contributed by atoms with Crippen LogP contribution >= 0.6 is 11.6 Å². The monoisotopic (exact) mass is 306 g/mol. The predicted octanol–water partition coefficient (Wildman–Crippen LogP) is 2.69. The van der Waals surface area contributed by atoms with Crippen molar-refractivity contribution >= 4 is 23.1 Å². The molecule has 2 fully saturated rings. The first kappa shape index (κ1) is 14.7. The van der Waals surface area contributed by atoms with E-state index >= 15 is 0 Å². The number of nitrogens with two attached hydrogens (primary N) is 1. The first-order valence-electron chi connectivity index (χ1n) is 7.78. The highest BCUT2D eigenvalue weighted by Gasteiger charge is 2.26. The minimum Gasteiger partial charge on any atom is -0.384 e. The first-order valence-corrected chi connectivity index (χ1v) is 8.16. The number of hydrogen-bond donors (Lipinski definition) is 2. The van der Waals surface area contributed by atoms with Crippen molar-refractivity contribution in [1.82, 2.24) is 4.90 Å². The Morgan fingerprint density at radius 1 is 1.14 bits per heavy atom. The molecule has 1 aliphatic carbocycles. The average molecular weight is 307 g/mol. The topological polar surface area (TPSA) is 56.4 Å². The van der Waals surface area contributed by atoms with Gasteiger partial charge in [-0.15, -0.1) is 0 Å². The molecule has 0 aromatic heterocycles. The third kappa shape index (κ3) is 3.16. The second kappa shape index (κ2) is 6.24. The van der Waals surface area contributed by atoms with E-state index in [2.05, 4.69) is 9.80 Å². The van der Waals surface area contributed by atoms with Gasteiger partial charge < -0.3 is 10.6 Å². The van der Waals surface area contributed by atoms with Crippen molar-refractivity contribution in [2.45, 2.75) is 31.7 Å². The minimum atomic E-state index is 0.0644. The van der Waals surface area contributed by atoms with Gasteiger partial charge in [-0.1, -0.05) is 24.4 Å². The molecule has 21 heavy (non-hydrogen) atoms. The maximum Gasteiger partial charge on any atom is 0.122 e. The molecule has 4 nitrogen and oxygen atoms in total. The quantitative estimate of drug-likeness (QED) is 0.667. The van der Waals surface area contributed by atoms with Crippen molar-refractivity contribution in [3.05, 3.63) is 28.8 Å². The summed E-state index contributed by atoms with van der Waals surface area (Å²) < 4.78 is 0. The summed E-state index contributed by atoms with van der Waals surface area (Å²) >= 11 is 6.36. The Hall–Kier alpha value is -1.26. The van der Waals surface area contributed by atoms with Gasteiger partial charge in [-0.2, -0.15) is 0 Å². The van der Waals surface area contributed by atoms with Gasteiger partial charge in [-0.05, 0) is 31.0 Å². The Kier molecular flexibility index (Phi) is 4.36. The van der Waals surface area contributed by atoms with E-state index < -0.39 is 0 Å². The van der Waals surface area contributed by atoms with Crippen LogP contribution in [0.1, 0.15) is 31.2 Å². The van der Waals surface area contributed by atoms with Crippen LogP contribution < -0.4 is 10.6 Å².